The van der Waals surface area contributed by atoms with Crippen molar-refractivity contribution in [3.05, 3.63) is 159 Å². The SMILES string of the molecule is C=CCCC(CCC=O)(CCC(=O)Oc1c(F)c(C)c(F)c(F)c1F)NC(=O)OCC1c2ccccc2-c2ccccc21.COc1c(F)c(C)c(F)c(F)c1F.COc1c(F)c(F)c(F)c(F)c1F. The maximum absolute atomic E-state index is 14.4. The number of nitrogens with one attached hydrogen (secondary N) is 1. The molecule has 6 rings (SSSR count). The Kier molecular flexibility index (Phi) is 18.8. The second-order valence-electron chi connectivity index (χ2n) is 15.0. The molecular weight excluding hydrogens is 950 g/mol. The number of carbonyl (C=O) groups excluding carboxylic acids is 3. The van der Waals surface area contributed by atoms with Crippen molar-refractivity contribution in [1.82, 2.24) is 5.32 Å². The lowest BCUT2D eigenvalue weighted by Crippen LogP contribution is -2.49. The highest BCUT2D eigenvalue weighted by Crippen LogP contribution is 2.44. The van der Waals surface area contributed by atoms with Gasteiger partial charge < -0.3 is 29.1 Å². The van der Waals surface area contributed by atoms with Crippen LogP contribution < -0.4 is 19.5 Å². The highest BCUT2D eigenvalue weighted by atomic mass is 19.2. The van der Waals surface area contributed by atoms with Crippen LogP contribution in [-0.4, -0.2) is 44.7 Å². The van der Waals surface area contributed by atoms with Gasteiger partial charge >= 0.3 is 12.1 Å². The molecule has 1 unspecified atom stereocenters. The number of ether oxygens (including phenoxy) is 4. The van der Waals surface area contributed by atoms with E-state index >= 15 is 0 Å². The summed E-state index contributed by atoms with van der Waals surface area (Å²) in [6, 6.07) is 15.7. The smallest absolute Gasteiger partial charge is 0.407 e. The number of hydrogen-bond donors (Lipinski definition) is 1. The molecule has 1 amide bonds. The van der Waals surface area contributed by atoms with E-state index in [0.29, 0.717) is 12.7 Å². The minimum atomic E-state index is -2.20. The van der Waals surface area contributed by atoms with Gasteiger partial charge in [-0.3, -0.25) is 4.79 Å². The number of esters is 1. The van der Waals surface area contributed by atoms with E-state index in [4.69, 9.17) is 9.47 Å². The number of carbonyl (C=O) groups is 3. The Labute approximate surface area is 385 Å². The Morgan fingerprint density at radius 2 is 0.986 bits per heavy atom. The lowest BCUT2D eigenvalue weighted by molar-refractivity contribution is -0.135. The predicted octanol–water partition coefficient (Wildman–Crippen LogP) is 12.4. The summed E-state index contributed by atoms with van der Waals surface area (Å²) >= 11 is 0. The molecule has 0 heterocycles. The van der Waals surface area contributed by atoms with Crippen molar-refractivity contribution in [1.29, 1.82) is 0 Å². The van der Waals surface area contributed by atoms with E-state index < -0.39 is 128 Å². The number of aldehydes is 1. The van der Waals surface area contributed by atoms with Gasteiger partial charge in [-0.25, -0.2) is 44.3 Å². The Hall–Kier alpha value is -7.06. The molecule has 0 aromatic heterocycles. The van der Waals surface area contributed by atoms with Gasteiger partial charge in [0.1, 0.15) is 12.9 Å². The van der Waals surface area contributed by atoms with E-state index in [0.717, 1.165) is 50.3 Å². The number of rotatable bonds is 15. The van der Waals surface area contributed by atoms with E-state index in [1.807, 2.05) is 48.5 Å². The average molecular weight is 990 g/mol. The summed E-state index contributed by atoms with van der Waals surface area (Å²) in [7, 11) is 1.77. The van der Waals surface area contributed by atoms with Crippen LogP contribution in [0.4, 0.5) is 61.9 Å². The van der Waals surface area contributed by atoms with E-state index in [1.54, 1.807) is 6.08 Å². The molecule has 5 aromatic carbocycles. The van der Waals surface area contributed by atoms with Gasteiger partial charge in [0.15, 0.2) is 46.4 Å². The van der Waals surface area contributed by atoms with Gasteiger partial charge in [-0.15, -0.1) is 6.58 Å². The van der Waals surface area contributed by atoms with Crippen molar-refractivity contribution in [2.75, 3.05) is 20.8 Å². The Bertz CT molecular complexity index is 2520. The van der Waals surface area contributed by atoms with E-state index in [2.05, 4.69) is 21.4 Å². The summed E-state index contributed by atoms with van der Waals surface area (Å²) < 4.78 is 188. The number of hydrogen-bond acceptors (Lipinski definition) is 7. The Morgan fingerprint density at radius 1 is 0.580 bits per heavy atom. The topological polar surface area (TPSA) is 100 Å². The normalized spacial score (nSPS) is 12.2. The van der Waals surface area contributed by atoms with Crippen molar-refractivity contribution in [2.45, 2.75) is 63.8 Å². The Balaban J connectivity index is 0.000000322. The second-order valence-corrected chi connectivity index (χ2v) is 15.0. The van der Waals surface area contributed by atoms with E-state index in [-0.39, 0.29) is 38.2 Å². The first-order chi connectivity index (χ1) is 32.6. The van der Waals surface area contributed by atoms with Gasteiger partial charge in [0, 0.05) is 35.4 Å². The zero-order valence-electron chi connectivity index (χ0n) is 36.8. The molecule has 0 radical (unpaired) electrons. The van der Waals surface area contributed by atoms with Crippen LogP contribution in [0.15, 0.2) is 61.2 Å². The molecule has 1 aliphatic rings. The summed E-state index contributed by atoms with van der Waals surface area (Å²) in [6.07, 6.45) is 1.70. The van der Waals surface area contributed by atoms with Crippen LogP contribution in [0.2, 0.25) is 0 Å². The third kappa shape index (κ3) is 12.0. The highest BCUT2D eigenvalue weighted by Gasteiger charge is 2.35. The molecule has 0 aliphatic heterocycles. The molecule has 0 saturated heterocycles. The first-order valence-corrected chi connectivity index (χ1v) is 20.3. The largest absolute Gasteiger partial charge is 0.491 e. The number of fused-ring (bicyclic) bond motifs is 3. The third-order valence-corrected chi connectivity index (χ3v) is 10.8. The fourth-order valence-corrected chi connectivity index (χ4v) is 7.11. The van der Waals surface area contributed by atoms with Gasteiger partial charge in [-0.1, -0.05) is 54.6 Å². The molecule has 69 heavy (non-hydrogen) atoms. The minimum Gasteiger partial charge on any atom is -0.491 e. The van der Waals surface area contributed by atoms with Crippen molar-refractivity contribution in [2.24, 2.45) is 0 Å². The highest BCUT2D eigenvalue weighted by molar-refractivity contribution is 5.79. The zero-order chi connectivity index (χ0) is 51.5. The number of methoxy groups -OCH3 is 2. The average Bonchev–Trinajstić information content (AvgIpc) is 3.67. The molecule has 0 bridgehead atoms. The van der Waals surface area contributed by atoms with Crippen LogP contribution in [0, 0.1) is 89.5 Å². The summed E-state index contributed by atoms with van der Waals surface area (Å²) in [6.45, 7) is 5.60. The van der Waals surface area contributed by atoms with Crippen LogP contribution in [0.3, 0.4) is 0 Å². The molecule has 0 fully saturated rings. The second kappa shape index (κ2) is 23.8. The summed E-state index contributed by atoms with van der Waals surface area (Å²) in [5.41, 5.74) is 1.55. The minimum absolute atomic E-state index is 0.0289. The summed E-state index contributed by atoms with van der Waals surface area (Å²) in [5.74, 6) is -28.4. The number of alkyl carbamates (subject to hydrolysis) is 1. The standard InChI is InChI=1S/C33H31F4NO5.C8H6F4O.C7H3F5O/c1-3-4-15-33(16-9-18-39,17-14-26(40)43-31-28(35)20(2)27(34)29(36)30(31)37)38-32(41)42-19-25-23-12-7-5-10-21(23)22-11-6-8-13-24(22)25;1-3-4(9)6(11)7(12)8(13-2)5(3)10;1-13-7-5(11)3(9)2(8)4(10)6(7)12/h3,5-8,10-13,18,25H,1,4,9,14-17,19H2,2H3,(H,38,41);1-2H3;1H3. The molecule has 1 atom stereocenters. The number of benzene rings is 5. The monoisotopic (exact) mass is 989 g/mol. The van der Waals surface area contributed by atoms with E-state index in [1.165, 1.54) is 0 Å². The van der Waals surface area contributed by atoms with Crippen LogP contribution in [0.25, 0.3) is 11.1 Å². The van der Waals surface area contributed by atoms with Crippen molar-refractivity contribution >= 4 is 18.3 Å². The number of allylic oxidation sites excluding steroid dienone is 1. The van der Waals surface area contributed by atoms with Gasteiger partial charge in [-0.05, 0) is 61.8 Å². The molecule has 5 aromatic rings. The zero-order valence-corrected chi connectivity index (χ0v) is 36.8. The molecule has 21 heteroatoms. The molecule has 1 N–H and O–H groups in total. The fourth-order valence-electron chi connectivity index (χ4n) is 7.11. The lowest BCUT2D eigenvalue weighted by Gasteiger charge is -2.34. The van der Waals surface area contributed by atoms with Gasteiger partial charge in [-0.2, -0.15) is 17.6 Å². The van der Waals surface area contributed by atoms with Crippen LogP contribution in [-0.2, 0) is 14.3 Å². The number of amides is 1. The molecule has 370 valence electrons. The van der Waals surface area contributed by atoms with Crippen molar-refractivity contribution in [3.63, 3.8) is 0 Å². The van der Waals surface area contributed by atoms with Gasteiger partial charge in [0.2, 0.25) is 46.5 Å². The van der Waals surface area contributed by atoms with Crippen LogP contribution >= 0.6 is 0 Å². The maximum atomic E-state index is 14.4. The maximum Gasteiger partial charge on any atom is 0.407 e. The number of halogens is 13. The van der Waals surface area contributed by atoms with Crippen LogP contribution in [0.1, 0.15) is 66.7 Å². The lowest BCUT2D eigenvalue weighted by atomic mass is 9.84. The van der Waals surface area contributed by atoms with Gasteiger partial charge in [0.25, 0.3) is 0 Å². The Morgan fingerprint density at radius 3 is 1.45 bits per heavy atom. The van der Waals surface area contributed by atoms with Crippen molar-refractivity contribution in [3.8, 4) is 28.4 Å². The summed E-state index contributed by atoms with van der Waals surface area (Å²) in [5, 5.41) is 2.81. The molecule has 0 saturated carbocycles. The van der Waals surface area contributed by atoms with Gasteiger partial charge in [0.05, 0.1) is 14.2 Å². The van der Waals surface area contributed by atoms with Crippen molar-refractivity contribution < 1.29 is 90.4 Å². The van der Waals surface area contributed by atoms with E-state index in [9.17, 15) is 71.5 Å². The predicted molar refractivity (Wildman–Crippen MR) is 222 cm³/mol. The molecule has 0 spiro atoms. The first kappa shape index (κ1) is 54.5. The summed E-state index contributed by atoms with van der Waals surface area (Å²) in [4.78, 5) is 37.1. The fraction of sp³-hybridized carbons (Fsp3) is 0.271. The molecule has 1 aliphatic carbocycles. The third-order valence-electron chi connectivity index (χ3n) is 10.8. The first-order valence-electron chi connectivity index (χ1n) is 20.3. The molecule has 8 nitrogen and oxygen atoms in total. The quantitative estimate of drug-likeness (QED) is 0.0212. The molecular formula is C48H40F13NO7. The van der Waals surface area contributed by atoms with Crippen LogP contribution in [0.5, 0.6) is 17.2 Å².